The van der Waals surface area contributed by atoms with E-state index in [2.05, 4.69) is 20.3 Å². The molecule has 1 saturated carbocycles. The lowest BCUT2D eigenvalue weighted by Crippen LogP contribution is -2.36. The van der Waals surface area contributed by atoms with Gasteiger partial charge in [0.2, 0.25) is 5.95 Å². The predicted octanol–water partition coefficient (Wildman–Crippen LogP) is 2.86. The number of aromatic nitrogens is 3. The molecule has 3 heterocycles. The Labute approximate surface area is 138 Å². The number of carbonyl (C=O) groups is 1. The first-order valence-corrected chi connectivity index (χ1v) is 8.21. The number of hydrogen-bond donors (Lipinski definition) is 3. The van der Waals surface area contributed by atoms with Crippen LogP contribution in [0.1, 0.15) is 42.5 Å². The summed E-state index contributed by atoms with van der Waals surface area (Å²) in [5, 5.41) is 3.10. The van der Waals surface area contributed by atoms with Crippen LogP contribution in [0, 0.1) is 0 Å². The molecule has 0 bridgehead atoms. The maximum absolute atomic E-state index is 12.6. The fourth-order valence-corrected chi connectivity index (χ4v) is 3.30. The quantitative estimate of drug-likeness (QED) is 0.686. The molecule has 3 aromatic heterocycles. The third-order valence-electron chi connectivity index (χ3n) is 4.48. The van der Waals surface area contributed by atoms with Crippen molar-refractivity contribution in [1.29, 1.82) is 0 Å². The Balaban J connectivity index is 1.70. The lowest BCUT2D eigenvalue weighted by Gasteiger charge is -2.22. The highest BCUT2D eigenvalue weighted by molar-refractivity contribution is 6.07. The fraction of sp³-hybridized carbons (Fsp3) is 0.353. The first-order valence-electron chi connectivity index (χ1n) is 8.21. The van der Waals surface area contributed by atoms with Crippen LogP contribution in [0.25, 0.3) is 22.5 Å². The Bertz CT molecular complexity index is 863. The molecule has 7 heteroatoms. The van der Waals surface area contributed by atoms with Gasteiger partial charge in [0.1, 0.15) is 11.2 Å². The van der Waals surface area contributed by atoms with Gasteiger partial charge in [0, 0.05) is 12.2 Å². The van der Waals surface area contributed by atoms with Gasteiger partial charge < -0.3 is 20.5 Å². The molecule has 7 nitrogen and oxygen atoms in total. The average molecular weight is 325 g/mol. The highest BCUT2D eigenvalue weighted by Crippen LogP contribution is 2.28. The fourth-order valence-electron chi connectivity index (χ4n) is 3.30. The van der Waals surface area contributed by atoms with Gasteiger partial charge in [0.25, 0.3) is 5.91 Å². The molecule has 124 valence electrons. The molecule has 1 fully saturated rings. The molecular formula is C17H19N5O2. The molecule has 0 atom stereocenters. The average Bonchev–Trinajstić information content (AvgIpc) is 3.24. The molecule has 0 aromatic carbocycles. The lowest BCUT2D eigenvalue weighted by molar-refractivity contribution is 0.0929. The Hall–Kier alpha value is -2.83. The molecule has 4 N–H and O–H groups in total. The molecule has 0 unspecified atom stereocenters. The number of nitrogens with two attached hydrogens (primary N) is 1. The Morgan fingerprint density at radius 3 is 2.88 bits per heavy atom. The first kappa shape index (κ1) is 14.7. The SMILES string of the molecule is Nc1nc(-c2ccco2)c2[nH]cc(C(=O)NC3CCCCC3)c2n1. The zero-order chi connectivity index (χ0) is 16.5. The summed E-state index contributed by atoms with van der Waals surface area (Å²) in [4.78, 5) is 24.2. The summed E-state index contributed by atoms with van der Waals surface area (Å²) < 4.78 is 5.41. The smallest absolute Gasteiger partial charge is 0.255 e. The van der Waals surface area contributed by atoms with Crippen LogP contribution in [-0.4, -0.2) is 26.9 Å². The number of rotatable bonds is 3. The van der Waals surface area contributed by atoms with E-state index >= 15 is 0 Å². The monoisotopic (exact) mass is 325 g/mol. The number of furan rings is 1. The summed E-state index contributed by atoms with van der Waals surface area (Å²) in [6.45, 7) is 0. The van der Waals surface area contributed by atoms with Crippen molar-refractivity contribution in [2.75, 3.05) is 5.73 Å². The molecule has 1 amide bonds. The van der Waals surface area contributed by atoms with Crippen LogP contribution in [0.5, 0.6) is 0 Å². The zero-order valence-corrected chi connectivity index (χ0v) is 13.2. The Kier molecular flexibility index (Phi) is 3.68. The number of fused-ring (bicyclic) bond motifs is 1. The van der Waals surface area contributed by atoms with Crippen molar-refractivity contribution in [3.63, 3.8) is 0 Å². The third-order valence-corrected chi connectivity index (χ3v) is 4.48. The molecule has 24 heavy (non-hydrogen) atoms. The van der Waals surface area contributed by atoms with E-state index in [9.17, 15) is 4.79 Å². The van der Waals surface area contributed by atoms with Crippen molar-refractivity contribution < 1.29 is 9.21 Å². The summed E-state index contributed by atoms with van der Waals surface area (Å²) in [5.41, 5.74) is 8.03. The Morgan fingerprint density at radius 2 is 2.12 bits per heavy atom. The second kappa shape index (κ2) is 5.99. The summed E-state index contributed by atoms with van der Waals surface area (Å²) in [6, 6.07) is 3.81. The van der Waals surface area contributed by atoms with Crippen LogP contribution in [0.2, 0.25) is 0 Å². The molecular weight excluding hydrogens is 306 g/mol. The zero-order valence-electron chi connectivity index (χ0n) is 13.2. The lowest BCUT2D eigenvalue weighted by atomic mass is 9.95. The van der Waals surface area contributed by atoms with Gasteiger partial charge in [0.15, 0.2) is 5.76 Å². The number of aromatic amines is 1. The van der Waals surface area contributed by atoms with Crippen molar-refractivity contribution in [2.24, 2.45) is 0 Å². The number of anilines is 1. The molecule has 1 aliphatic rings. The second-order valence-electron chi connectivity index (χ2n) is 6.14. The number of nitrogens with one attached hydrogen (secondary N) is 2. The van der Waals surface area contributed by atoms with Gasteiger partial charge in [-0.2, -0.15) is 0 Å². The Morgan fingerprint density at radius 1 is 1.29 bits per heavy atom. The third kappa shape index (κ3) is 2.62. The topological polar surface area (TPSA) is 110 Å². The van der Waals surface area contributed by atoms with Gasteiger partial charge in [-0.25, -0.2) is 9.97 Å². The van der Waals surface area contributed by atoms with E-state index in [1.165, 1.54) is 6.42 Å². The number of amides is 1. The maximum Gasteiger partial charge on any atom is 0.255 e. The summed E-state index contributed by atoms with van der Waals surface area (Å²) in [7, 11) is 0. The van der Waals surface area contributed by atoms with Gasteiger partial charge in [0.05, 0.1) is 17.3 Å². The number of carbonyl (C=O) groups excluding carboxylic acids is 1. The van der Waals surface area contributed by atoms with Crippen LogP contribution in [0.4, 0.5) is 5.95 Å². The molecule has 1 aliphatic carbocycles. The highest BCUT2D eigenvalue weighted by Gasteiger charge is 2.22. The minimum absolute atomic E-state index is 0.111. The van der Waals surface area contributed by atoms with Crippen LogP contribution in [0.15, 0.2) is 29.0 Å². The van der Waals surface area contributed by atoms with E-state index in [1.807, 2.05) is 0 Å². The highest BCUT2D eigenvalue weighted by atomic mass is 16.3. The minimum atomic E-state index is -0.128. The van der Waals surface area contributed by atoms with E-state index < -0.39 is 0 Å². The van der Waals surface area contributed by atoms with Gasteiger partial charge in [-0.15, -0.1) is 0 Å². The number of H-pyrrole nitrogens is 1. The molecule has 0 spiro atoms. The molecule has 0 radical (unpaired) electrons. The van der Waals surface area contributed by atoms with Gasteiger partial charge in [-0.3, -0.25) is 4.79 Å². The predicted molar refractivity (Wildman–Crippen MR) is 90.3 cm³/mol. The number of nitrogen functional groups attached to an aromatic ring is 1. The van der Waals surface area contributed by atoms with Crippen molar-refractivity contribution >= 4 is 22.9 Å². The van der Waals surface area contributed by atoms with E-state index in [-0.39, 0.29) is 17.9 Å². The van der Waals surface area contributed by atoms with Crippen molar-refractivity contribution in [1.82, 2.24) is 20.3 Å². The maximum atomic E-state index is 12.6. The van der Waals surface area contributed by atoms with Gasteiger partial charge >= 0.3 is 0 Å². The van der Waals surface area contributed by atoms with Crippen LogP contribution >= 0.6 is 0 Å². The van der Waals surface area contributed by atoms with Crippen molar-refractivity contribution in [3.8, 4) is 11.5 Å². The normalized spacial score (nSPS) is 15.7. The van der Waals surface area contributed by atoms with Gasteiger partial charge in [-0.1, -0.05) is 19.3 Å². The minimum Gasteiger partial charge on any atom is -0.463 e. The molecule has 0 saturated heterocycles. The van der Waals surface area contributed by atoms with Crippen LogP contribution in [0.3, 0.4) is 0 Å². The summed E-state index contributed by atoms with van der Waals surface area (Å²) in [6.07, 6.45) is 8.86. The summed E-state index contributed by atoms with van der Waals surface area (Å²) >= 11 is 0. The van der Waals surface area contributed by atoms with Crippen molar-refractivity contribution in [3.05, 3.63) is 30.2 Å². The second-order valence-corrected chi connectivity index (χ2v) is 6.14. The van der Waals surface area contributed by atoms with E-state index in [1.54, 1.807) is 24.6 Å². The van der Waals surface area contributed by atoms with E-state index in [0.29, 0.717) is 28.1 Å². The molecule has 0 aliphatic heterocycles. The first-order chi connectivity index (χ1) is 11.7. The van der Waals surface area contributed by atoms with E-state index in [4.69, 9.17) is 10.2 Å². The van der Waals surface area contributed by atoms with E-state index in [0.717, 1.165) is 25.7 Å². The van der Waals surface area contributed by atoms with Crippen LogP contribution in [-0.2, 0) is 0 Å². The summed E-state index contributed by atoms with van der Waals surface area (Å²) in [5.74, 6) is 0.562. The number of hydrogen-bond acceptors (Lipinski definition) is 5. The largest absolute Gasteiger partial charge is 0.463 e. The molecule has 4 rings (SSSR count). The van der Waals surface area contributed by atoms with Gasteiger partial charge in [-0.05, 0) is 25.0 Å². The van der Waals surface area contributed by atoms with Crippen LogP contribution < -0.4 is 11.1 Å². The molecule has 3 aromatic rings. The van der Waals surface area contributed by atoms with Crippen molar-refractivity contribution in [2.45, 2.75) is 38.1 Å². The standard InChI is InChI=1S/C17H19N5O2/c18-17-21-13-11(16(23)20-10-5-2-1-3-6-10)9-19-15(13)14(22-17)12-7-4-8-24-12/h4,7-10,19H,1-3,5-6H2,(H,20,23)(H2,18,21,22). The number of nitrogens with zero attached hydrogens (tertiary/aromatic N) is 2.